The van der Waals surface area contributed by atoms with Crippen molar-refractivity contribution in [1.82, 2.24) is 19.5 Å². The number of nitrogens with zero attached hydrogens (tertiary/aromatic N) is 4. The molecule has 0 aliphatic rings. The van der Waals surface area contributed by atoms with Gasteiger partial charge in [-0.15, -0.1) is 0 Å². The van der Waals surface area contributed by atoms with Crippen LogP contribution in [0.15, 0.2) is 48.9 Å². The zero-order valence-electron chi connectivity index (χ0n) is 14.8. The topological polar surface area (TPSA) is 62.1 Å². The first-order valence-electron chi connectivity index (χ1n) is 8.57. The lowest BCUT2D eigenvalue weighted by molar-refractivity contribution is 0.289. The molecule has 132 valence electrons. The highest BCUT2D eigenvalue weighted by Gasteiger charge is 2.09. The molecular formula is C20H20N4O2. The van der Waals surface area contributed by atoms with Crippen molar-refractivity contribution < 1.29 is 9.47 Å². The fourth-order valence-corrected chi connectivity index (χ4v) is 3.09. The summed E-state index contributed by atoms with van der Waals surface area (Å²) in [6.45, 7) is 0.580. The molecule has 6 heteroatoms. The number of rotatable bonds is 6. The maximum Gasteiger partial charge on any atom is 0.163 e. The van der Waals surface area contributed by atoms with Gasteiger partial charge in [0.05, 0.1) is 30.3 Å². The molecule has 2 aromatic carbocycles. The molecule has 0 unspecified atom stereocenters. The fourth-order valence-electron chi connectivity index (χ4n) is 3.09. The third-order valence-corrected chi connectivity index (χ3v) is 4.47. The van der Waals surface area contributed by atoms with Gasteiger partial charge in [0.15, 0.2) is 11.5 Å². The Morgan fingerprint density at radius 1 is 1.08 bits per heavy atom. The Morgan fingerprint density at radius 2 is 1.96 bits per heavy atom. The number of aryl methyl sites for hydroxylation is 2. The third-order valence-electron chi connectivity index (χ3n) is 4.47. The van der Waals surface area contributed by atoms with E-state index in [-0.39, 0.29) is 0 Å². The van der Waals surface area contributed by atoms with Gasteiger partial charge in [-0.25, -0.2) is 15.0 Å². The van der Waals surface area contributed by atoms with Crippen LogP contribution in [0.2, 0.25) is 0 Å². The van der Waals surface area contributed by atoms with Gasteiger partial charge in [0.2, 0.25) is 0 Å². The molecule has 0 spiro atoms. The average molecular weight is 348 g/mol. The highest BCUT2D eigenvalue weighted by Crippen LogP contribution is 2.31. The van der Waals surface area contributed by atoms with Crippen LogP contribution in [0, 0.1) is 0 Å². The zero-order chi connectivity index (χ0) is 17.9. The van der Waals surface area contributed by atoms with E-state index in [0.717, 1.165) is 40.6 Å². The predicted octanol–water partition coefficient (Wildman–Crippen LogP) is 3.54. The van der Waals surface area contributed by atoms with E-state index in [2.05, 4.69) is 27.6 Å². The highest BCUT2D eigenvalue weighted by atomic mass is 16.5. The molecule has 2 aromatic heterocycles. The van der Waals surface area contributed by atoms with Gasteiger partial charge < -0.3 is 14.0 Å². The first-order valence-corrected chi connectivity index (χ1v) is 8.57. The molecule has 2 heterocycles. The normalized spacial score (nSPS) is 11.2. The second kappa shape index (κ2) is 7.00. The third kappa shape index (κ3) is 3.06. The van der Waals surface area contributed by atoms with Gasteiger partial charge in [-0.05, 0) is 24.6 Å². The van der Waals surface area contributed by atoms with E-state index in [9.17, 15) is 0 Å². The standard InChI is InChI=1S/C20H20N4O2/c1-24-17-7-4-3-6-15(17)23-20(24)8-5-9-26-19-11-16-14(10-18(19)25-2)12-21-13-22-16/h3-4,6-7,10-13H,5,8-9H2,1-2H3. The number of aromatic nitrogens is 4. The monoisotopic (exact) mass is 348 g/mol. The maximum atomic E-state index is 5.95. The molecule has 0 atom stereocenters. The van der Waals surface area contributed by atoms with Gasteiger partial charge >= 0.3 is 0 Å². The molecule has 0 N–H and O–H groups in total. The van der Waals surface area contributed by atoms with Crippen LogP contribution in [-0.4, -0.2) is 33.2 Å². The van der Waals surface area contributed by atoms with Crippen molar-refractivity contribution in [2.75, 3.05) is 13.7 Å². The number of imidazole rings is 1. The lowest BCUT2D eigenvalue weighted by Crippen LogP contribution is -2.04. The maximum absolute atomic E-state index is 5.95. The number of benzene rings is 2. The predicted molar refractivity (Wildman–Crippen MR) is 101 cm³/mol. The Kier molecular flexibility index (Phi) is 4.39. The van der Waals surface area contributed by atoms with Crippen LogP contribution in [0.4, 0.5) is 0 Å². The molecule has 4 aromatic rings. The summed E-state index contributed by atoms with van der Waals surface area (Å²) in [7, 11) is 3.69. The molecular weight excluding hydrogens is 328 g/mol. The van der Waals surface area contributed by atoms with E-state index < -0.39 is 0 Å². The number of hydrogen-bond donors (Lipinski definition) is 0. The van der Waals surface area contributed by atoms with E-state index >= 15 is 0 Å². The Morgan fingerprint density at radius 3 is 2.81 bits per heavy atom. The fraction of sp³-hybridized carbons (Fsp3) is 0.250. The second-order valence-corrected chi connectivity index (χ2v) is 6.11. The largest absolute Gasteiger partial charge is 0.493 e. The molecule has 6 nitrogen and oxygen atoms in total. The second-order valence-electron chi connectivity index (χ2n) is 6.11. The van der Waals surface area contributed by atoms with Crippen molar-refractivity contribution in [3.63, 3.8) is 0 Å². The average Bonchev–Trinajstić information content (AvgIpc) is 3.00. The van der Waals surface area contributed by atoms with Crippen LogP contribution < -0.4 is 9.47 Å². The molecule has 4 rings (SSSR count). The summed E-state index contributed by atoms with van der Waals surface area (Å²) in [6.07, 6.45) is 5.01. The minimum atomic E-state index is 0.580. The van der Waals surface area contributed by atoms with E-state index in [1.165, 1.54) is 6.33 Å². The summed E-state index contributed by atoms with van der Waals surface area (Å²) >= 11 is 0. The summed E-state index contributed by atoms with van der Waals surface area (Å²) in [4.78, 5) is 13.0. The molecule has 0 saturated carbocycles. The minimum absolute atomic E-state index is 0.580. The van der Waals surface area contributed by atoms with Crippen LogP contribution in [0.1, 0.15) is 12.2 Å². The van der Waals surface area contributed by atoms with Gasteiger partial charge in [0.1, 0.15) is 12.2 Å². The van der Waals surface area contributed by atoms with Crippen LogP contribution in [0.5, 0.6) is 11.5 Å². The van der Waals surface area contributed by atoms with Gasteiger partial charge in [-0.2, -0.15) is 0 Å². The molecule has 0 amide bonds. The molecule has 0 aliphatic heterocycles. The van der Waals surface area contributed by atoms with Gasteiger partial charge in [0.25, 0.3) is 0 Å². The van der Waals surface area contributed by atoms with Crippen molar-refractivity contribution in [3.8, 4) is 11.5 Å². The number of hydrogen-bond acceptors (Lipinski definition) is 5. The molecule has 0 saturated heterocycles. The lowest BCUT2D eigenvalue weighted by atomic mass is 10.2. The van der Waals surface area contributed by atoms with Crippen molar-refractivity contribution in [2.45, 2.75) is 12.8 Å². The number of ether oxygens (including phenoxy) is 2. The lowest BCUT2D eigenvalue weighted by Gasteiger charge is -2.11. The first kappa shape index (κ1) is 16.3. The van der Waals surface area contributed by atoms with Crippen LogP contribution in [0.25, 0.3) is 21.9 Å². The summed E-state index contributed by atoms with van der Waals surface area (Å²) in [5, 5.41) is 0.927. The SMILES string of the molecule is COc1cc2cncnc2cc1OCCCc1nc2ccccc2n1C. The van der Waals surface area contributed by atoms with Crippen molar-refractivity contribution >= 4 is 21.9 Å². The Balaban J connectivity index is 1.44. The summed E-state index contributed by atoms with van der Waals surface area (Å²) in [5.41, 5.74) is 3.02. The van der Waals surface area contributed by atoms with E-state index in [4.69, 9.17) is 14.5 Å². The van der Waals surface area contributed by atoms with E-state index in [1.54, 1.807) is 13.3 Å². The minimum Gasteiger partial charge on any atom is -0.493 e. The van der Waals surface area contributed by atoms with Crippen LogP contribution >= 0.6 is 0 Å². The Labute approximate surface area is 151 Å². The molecule has 0 radical (unpaired) electrons. The zero-order valence-corrected chi connectivity index (χ0v) is 14.8. The smallest absolute Gasteiger partial charge is 0.163 e. The highest BCUT2D eigenvalue weighted by molar-refractivity contribution is 5.81. The number of para-hydroxylation sites is 2. The summed E-state index contributed by atoms with van der Waals surface area (Å²) < 4.78 is 13.5. The van der Waals surface area contributed by atoms with Gasteiger partial charge in [-0.1, -0.05) is 12.1 Å². The molecule has 0 bridgehead atoms. The quantitative estimate of drug-likeness (QED) is 0.499. The Bertz CT molecular complexity index is 1060. The van der Waals surface area contributed by atoms with Crippen molar-refractivity contribution in [2.24, 2.45) is 7.05 Å². The summed E-state index contributed by atoms with van der Waals surface area (Å²) in [5.74, 6) is 2.45. The van der Waals surface area contributed by atoms with E-state index in [1.807, 2.05) is 30.3 Å². The molecule has 26 heavy (non-hydrogen) atoms. The molecule has 0 fully saturated rings. The van der Waals surface area contributed by atoms with E-state index in [0.29, 0.717) is 18.1 Å². The van der Waals surface area contributed by atoms with Gasteiger partial charge in [-0.3, -0.25) is 0 Å². The van der Waals surface area contributed by atoms with Crippen LogP contribution in [0.3, 0.4) is 0 Å². The molecule has 0 aliphatic carbocycles. The Hall–Kier alpha value is -3.15. The van der Waals surface area contributed by atoms with Crippen molar-refractivity contribution in [1.29, 1.82) is 0 Å². The number of methoxy groups -OCH3 is 1. The van der Waals surface area contributed by atoms with Crippen LogP contribution in [-0.2, 0) is 13.5 Å². The van der Waals surface area contributed by atoms with Crippen molar-refractivity contribution in [3.05, 3.63) is 54.7 Å². The summed E-state index contributed by atoms with van der Waals surface area (Å²) in [6, 6.07) is 12.0. The first-order chi connectivity index (χ1) is 12.8. The van der Waals surface area contributed by atoms with Gasteiger partial charge in [0, 0.05) is 31.1 Å². The number of fused-ring (bicyclic) bond motifs is 2.